The molecule has 1 aromatic carbocycles. The lowest BCUT2D eigenvalue weighted by Gasteiger charge is -2.18. The fraction of sp³-hybridized carbons (Fsp3) is 0.562. The van der Waals surface area contributed by atoms with Crippen molar-refractivity contribution >= 4 is 5.97 Å². The van der Waals surface area contributed by atoms with E-state index in [0.717, 1.165) is 5.56 Å². The van der Waals surface area contributed by atoms with Gasteiger partial charge in [-0.05, 0) is 23.4 Å². The van der Waals surface area contributed by atoms with E-state index in [1.165, 1.54) is 0 Å². The van der Waals surface area contributed by atoms with Crippen LogP contribution in [0.2, 0.25) is 0 Å². The Hall–Kier alpha value is -2.04. The summed E-state index contributed by atoms with van der Waals surface area (Å²) in [6.07, 6.45) is 0.182. The van der Waals surface area contributed by atoms with Gasteiger partial charge in [-0.25, -0.2) is 0 Å². The summed E-state index contributed by atoms with van der Waals surface area (Å²) in [6.45, 7) is 4.65. The highest BCUT2D eigenvalue weighted by Gasteiger charge is 2.40. The molecule has 0 bridgehead atoms. The van der Waals surface area contributed by atoms with Gasteiger partial charge < -0.3 is 9.47 Å². The van der Waals surface area contributed by atoms with Crippen molar-refractivity contribution in [1.82, 2.24) is 0 Å². The van der Waals surface area contributed by atoms with Crippen LogP contribution < -0.4 is 0 Å². The molecule has 1 aliphatic heterocycles. The van der Waals surface area contributed by atoms with E-state index < -0.39 is 12.1 Å². The van der Waals surface area contributed by atoms with E-state index in [9.17, 15) is 4.79 Å². The Bertz CT molecular complexity index is 541. The summed E-state index contributed by atoms with van der Waals surface area (Å²) in [5, 5.41) is 3.74. The van der Waals surface area contributed by atoms with Crippen molar-refractivity contribution in [3.8, 4) is 0 Å². The van der Waals surface area contributed by atoms with Gasteiger partial charge in [-0.2, -0.15) is 0 Å². The summed E-state index contributed by atoms with van der Waals surface area (Å²) < 4.78 is 11.0. The van der Waals surface area contributed by atoms with Gasteiger partial charge in [0, 0.05) is 4.91 Å². The molecule has 0 aliphatic carbocycles. The van der Waals surface area contributed by atoms with Gasteiger partial charge in [0.05, 0.1) is 25.2 Å². The third-order valence-corrected chi connectivity index (χ3v) is 3.89. The van der Waals surface area contributed by atoms with Gasteiger partial charge in [0.15, 0.2) is 0 Å². The number of cyclic esters (lactones) is 1. The van der Waals surface area contributed by atoms with Gasteiger partial charge in [-0.3, -0.25) is 4.79 Å². The van der Waals surface area contributed by atoms with E-state index in [0.29, 0.717) is 13.0 Å². The fourth-order valence-corrected chi connectivity index (χ4v) is 2.56. The minimum absolute atomic E-state index is 0.129. The zero-order valence-electron chi connectivity index (χ0n) is 12.9. The van der Waals surface area contributed by atoms with Crippen LogP contribution in [0, 0.1) is 11.8 Å². The molecule has 0 saturated carbocycles. The van der Waals surface area contributed by atoms with E-state index in [2.05, 4.69) is 10.0 Å². The number of ether oxygens (including phenoxy) is 2. The lowest BCUT2D eigenvalue weighted by atomic mass is 9.91. The van der Waals surface area contributed by atoms with Crippen molar-refractivity contribution in [3.63, 3.8) is 0 Å². The highest BCUT2D eigenvalue weighted by atomic mass is 16.6. The second kappa shape index (κ2) is 7.82. The highest BCUT2D eigenvalue weighted by Crippen LogP contribution is 2.30. The average molecular weight is 303 g/mol. The molecule has 1 aliphatic rings. The molecule has 0 aromatic heterocycles. The molecule has 22 heavy (non-hydrogen) atoms. The lowest BCUT2D eigenvalue weighted by molar-refractivity contribution is -0.146. The van der Waals surface area contributed by atoms with Crippen LogP contribution in [0.5, 0.6) is 0 Å². The highest BCUT2D eigenvalue weighted by molar-refractivity contribution is 5.75. The van der Waals surface area contributed by atoms with Crippen molar-refractivity contribution in [3.05, 3.63) is 46.3 Å². The SMILES string of the molecule is CC(C)C1CC(C(COCc2ccccc2)N=[N+]=[N-])OC1=O. The standard InChI is InChI=1S/C16H21N3O3/c1-11(2)13-8-15(22-16(13)20)14(18-19-17)10-21-9-12-6-4-3-5-7-12/h3-7,11,13-15H,8-10H2,1-2H3. The van der Waals surface area contributed by atoms with E-state index in [1.54, 1.807) is 0 Å². The third kappa shape index (κ3) is 4.23. The van der Waals surface area contributed by atoms with Gasteiger partial charge in [0.1, 0.15) is 6.10 Å². The Morgan fingerprint density at radius 2 is 2.14 bits per heavy atom. The molecule has 0 radical (unpaired) electrons. The fourth-order valence-electron chi connectivity index (χ4n) is 2.56. The first-order chi connectivity index (χ1) is 10.6. The van der Waals surface area contributed by atoms with Gasteiger partial charge >= 0.3 is 5.97 Å². The first-order valence-corrected chi connectivity index (χ1v) is 7.48. The number of benzene rings is 1. The first kappa shape index (κ1) is 16.3. The van der Waals surface area contributed by atoms with Crippen LogP contribution >= 0.6 is 0 Å². The smallest absolute Gasteiger partial charge is 0.309 e. The molecule has 1 aromatic rings. The normalized spacial score (nSPS) is 22.2. The quantitative estimate of drug-likeness (QED) is 0.334. The summed E-state index contributed by atoms with van der Waals surface area (Å²) in [7, 11) is 0. The van der Waals surface area contributed by atoms with Gasteiger partial charge in [0.25, 0.3) is 0 Å². The average Bonchev–Trinajstić information content (AvgIpc) is 2.89. The number of azide groups is 1. The Balaban J connectivity index is 1.90. The second-order valence-corrected chi connectivity index (χ2v) is 5.83. The second-order valence-electron chi connectivity index (χ2n) is 5.83. The Labute approximate surface area is 130 Å². The van der Waals surface area contributed by atoms with Crippen molar-refractivity contribution in [2.24, 2.45) is 17.0 Å². The summed E-state index contributed by atoms with van der Waals surface area (Å²) >= 11 is 0. The number of esters is 1. The number of hydrogen-bond acceptors (Lipinski definition) is 4. The number of carbonyl (C=O) groups is 1. The summed E-state index contributed by atoms with van der Waals surface area (Å²) in [4.78, 5) is 14.7. The predicted molar refractivity (Wildman–Crippen MR) is 81.9 cm³/mol. The van der Waals surface area contributed by atoms with Crippen LogP contribution in [0.4, 0.5) is 0 Å². The molecular weight excluding hydrogens is 282 g/mol. The predicted octanol–water partition coefficient (Wildman–Crippen LogP) is 3.47. The molecule has 6 heteroatoms. The van der Waals surface area contributed by atoms with Crippen LogP contribution in [0.1, 0.15) is 25.8 Å². The molecule has 1 heterocycles. The van der Waals surface area contributed by atoms with E-state index in [-0.39, 0.29) is 24.4 Å². The van der Waals surface area contributed by atoms with Crippen LogP contribution in [-0.2, 0) is 20.9 Å². The van der Waals surface area contributed by atoms with Crippen LogP contribution in [-0.4, -0.2) is 24.7 Å². The molecule has 2 rings (SSSR count). The number of carbonyl (C=O) groups excluding carboxylic acids is 1. The third-order valence-electron chi connectivity index (χ3n) is 3.89. The Morgan fingerprint density at radius 1 is 1.41 bits per heavy atom. The van der Waals surface area contributed by atoms with Crippen molar-refractivity contribution in [2.45, 2.75) is 39.0 Å². The van der Waals surface area contributed by atoms with Gasteiger partial charge in [-0.15, -0.1) is 0 Å². The molecular formula is C16H21N3O3. The Kier molecular flexibility index (Phi) is 5.81. The van der Waals surface area contributed by atoms with E-state index in [4.69, 9.17) is 15.0 Å². The molecule has 118 valence electrons. The molecule has 3 atom stereocenters. The minimum Gasteiger partial charge on any atom is -0.462 e. The minimum atomic E-state index is -0.485. The maximum absolute atomic E-state index is 11.8. The maximum Gasteiger partial charge on any atom is 0.309 e. The Morgan fingerprint density at radius 3 is 2.73 bits per heavy atom. The molecule has 0 spiro atoms. The number of rotatable bonds is 7. The summed E-state index contributed by atoms with van der Waals surface area (Å²) in [6, 6.07) is 9.27. The van der Waals surface area contributed by atoms with Crippen LogP contribution in [0.3, 0.4) is 0 Å². The van der Waals surface area contributed by atoms with Crippen molar-refractivity contribution < 1.29 is 14.3 Å². The summed E-state index contributed by atoms with van der Waals surface area (Å²) in [5.41, 5.74) is 9.76. The van der Waals surface area contributed by atoms with Gasteiger partial charge in [-0.1, -0.05) is 49.3 Å². The maximum atomic E-state index is 11.8. The molecule has 6 nitrogen and oxygen atoms in total. The molecule has 3 unspecified atom stereocenters. The zero-order chi connectivity index (χ0) is 15.9. The zero-order valence-corrected chi connectivity index (χ0v) is 12.9. The topological polar surface area (TPSA) is 84.3 Å². The van der Waals surface area contributed by atoms with Crippen LogP contribution in [0.25, 0.3) is 10.4 Å². The largest absolute Gasteiger partial charge is 0.462 e. The molecule has 0 amide bonds. The van der Waals surface area contributed by atoms with Crippen molar-refractivity contribution in [2.75, 3.05) is 6.61 Å². The van der Waals surface area contributed by atoms with E-state index in [1.807, 2.05) is 44.2 Å². The van der Waals surface area contributed by atoms with Gasteiger partial charge in [0.2, 0.25) is 0 Å². The van der Waals surface area contributed by atoms with Crippen molar-refractivity contribution in [1.29, 1.82) is 0 Å². The lowest BCUT2D eigenvalue weighted by Crippen LogP contribution is -2.28. The number of nitrogens with zero attached hydrogens (tertiary/aromatic N) is 3. The van der Waals surface area contributed by atoms with E-state index >= 15 is 0 Å². The number of hydrogen-bond donors (Lipinski definition) is 0. The molecule has 1 saturated heterocycles. The monoisotopic (exact) mass is 303 g/mol. The molecule has 1 fully saturated rings. The molecule has 0 N–H and O–H groups in total. The summed E-state index contributed by atoms with van der Waals surface area (Å²) in [5.74, 6) is -0.119. The first-order valence-electron chi connectivity index (χ1n) is 7.48. The van der Waals surface area contributed by atoms with Crippen LogP contribution in [0.15, 0.2) is 35.4 Å².